The van der Waals surface area contributed by atoms with Crippen LogP contribution in [0.5, 0.6) is 0 Å². The molecular formula is C24H23F3N6O. The van der Waals surface area contributed by atoms with Gasteiger partial charge in [0.1, 0.15) is 5.82 Å². The Labute approximate surface area is 194 Å². The van der Waals surface area contributed by atoms with Crippen molar-refractivity contribution in [3.63, 3.8) is 0 Å². The summed E-state index contributed by atoms with van der Waals surface area (Å²) in [7, 11) is 0. The second-order valence-electron chi connectivity index (χ2n) is 8.64. The summed E-state index contributed by atoms with van der Waals surface area (Å²) in [4.78, 5) is 31.8. The molecule has 5 rings (SSSR count). The molecule has 7 nitrogen and oxygen atoms in total. The molecule has 2 fully saturated rings. The topological polar surface area (TPSA) is 83.9 Å². The number of halogens is 3. The van der Waals surface area contributed by atoms with Gasteiger partial charge in [-0.3, -0.25) is 4.79 Å². The van der Waals surface area contributed by atoms with Gasteiger partial charge in [0.2, 0.25) is 0 Å². The maximum Gasteiger partial charge on any atom is 0.434 e. The summed E-state index contributed by atoms with van der Waals surface area (Å²) in [6, 6.07) is 8.90. The lowest BCUT2D eigenvalue weighted by molar-refractivity contribution is -0.141. The zero-order valence-electron chi connectivity index (χ0n) is 18.4. The largest absolute Gasteiger partial charge is 0.434 e. The Morgan fingerprint density at radius 3 is 2.50 bits per heavy atom. The number of nitrogens with zero attached hydrogens (tertiary/aromatic N) is 5. The highest BCUT2D eigenvalue weighted by atomic mass is 19.4. The molecule has 2 aromatic heterocycles. The molecule has 3 aromatic rings. The first-order valence-electron chi connectivity index (χ1n) is 11.2. The van der Waals surface area contributed by atoms with Crippen LogP contribution in [0.25, 0.3) is 11.4 Å². The van der Waals surface area contributed by atoms with Crippen molar-refractivity contribution in [1.82, 2.24) is 24.8 Å². The van der Waals surface area contributed by atoms with Gasteiger partial charge in [0.05, 0.1) is 24.0 Å². The van der Waals surface area contributed by atoms with E-state index in [0.717, 1.165) is 31.7 Å². The minimum Gasteiger partial charge on any atom is -0.364 e. The molecule has 2 aliphatic rings. The van der Waals surface area contributed by atoms with Crippen LogP contribution in [-0.4, -0.2) is 48.9 Å². The Hall–Kier alpha value is -3.56. The summed E-state index contributed by atoms with van der Waals surface area (Å²) in [5.74, 6) is 0.967. The third-order valence-electron chi connectivity index (χ3n) is 6.72. The van der Waals surface area contributed by atoms with Gasteiger partial charge in [-0.25, -0.2) is 19.9 Å². The standard InChI is InChI=1S/C24H23F3N6O/c1-2-18-14-10-17(32-21-13-30-20(12-31-21)24(25,26)27)19(11-14)33(18)23(34)16-7-4-3-6-15(16)22-28-8-5-9-29-22/h3-9,12-14,17-19H,2,10-11H2,1H3,(H,31,32)/t14-,17-,18-,19+/m1/s1. The molecule has 2 bridgehead atoms. The van der Waals surface area contributed by atoms with E-state index < -0.39 is 11.9 Å². The molecule has 1 N–H and O–H groups in total. The van der Waals surface area contributed by atoms with Gasteiger partial charge in [0, 0.05) is 30.0 Å². The van der Waals surface area contributed by atoms with Crippen molar-refractivity contribution in [3.05, 3.63) is 66.4 Å². The highest BCUT2D eigenvalue weighted by Gasteiger charge is 2.52. The number of hydrogen-bond acceptors (Lipinski definition) is 6. The van der Waals surface area contributed by atoms with E-state index in [2.05, 4.69) is 32.2 Å². The Bertz CT molecular complexity index is 1170. The van der Waals surface area contributed by atoms with E-state index in [-0.39, 0.29) is 29.9 Å². The second-order valence-corrected chi connectivity index (χ2v) is 8.64. The van der Waals surface area contributed by atoms with Crippen molar-refractivity contribution in [3.8, 4) is 11.4 Å². The number of hydrogen-bond donors (Lipinski definition) is 1. The quantitative estimate of drug-likeness (QED) is 0.596. The average molecular weight is 468 g/mol. The van der Waals surface area contributed by atoms with E-state index in [4.69, 9.17) is 0 Å². The lowest BCUT2D eigenvalue weighted by Gasteiger charge is -2.40. The van der Waals surface area contributed by atoms with Crippen LogP contribution in [0.1, 0.15) is 42.2 Å². The second kappa shape index (κ2) is 8.66. The van der Waals surface area contributed by atoms with Crippen molar-refractivity contribution in [2.45, 2.75) is 50.5 Å². The van der Waals surface area contributed by atoms with Gasteiger partial charge in [0.15, 0.2) is 11.5 Å². The maximum absolute atomic E-state index is 13.8. The van der Waals surface area contributed by atoms with Crippen LogP contribution in [-0.2, 0) is 6.18 Å². The van der Waals surface area contributed by atoms with Crippen LogP contribution in [0.15, 0.2) is 55.1 Å². The summed E-state index contributed by atoms with van der Waals surface area (Å²) in [5.41, 5.74) is 0.171. The third-order valence-corrected chi connectivity index (χ3v) is 6.72. The summed E-state index contributed by atoms with van der Waals surface area (Å²) >= 11 is 0. The number of aromatic nitrogens is 4. The number of rotatable bonds is 5. The number of likely N-dealkylation sites (tertiary alicyclic amines) is 1. The highest BCUT2D eigenvalue weighted by Crippen LogP contribution is 2.45. The van der Waals surface area contributed by atoms with Gasteiger partial charge >= 0.3 is 6.18 Å². The fraction of sp³-hybridized carbons (Fsp3) is 0.375. The predicted octanol–water partition coefficient (Wildman–Crippen LogP) is 4.45. The van der Waals surface area contributed by atoms with Gasteiger partial charge in [-0.15, -0.1) is 0 Å². The SMILES string of the molecule is CC[C@@H]1[C@@H]2C[C@@H](Nc3cnc(C(F)(F)F)cn3)[C@H](C2)N1C(=O)c1ccccc1-c1ncccn1. The summed E-state index contributed by atoms with van der Waals surface area (Å²) in [5, 5.41) is 3.22. The number of anilines is 1. The molecule has 1 aliphatic carbocycles. The van der Waals surface area contributed by atoms with Crippen LogP contribution in [0.4, 0.5) is 19.0 Å². The van der Waals surface area contributed by atoms with Crippen LogP contribution in [0.3, 0.4) is 0 Å². The Kier molecular flexibility index (Phi) is 5.66. The number of fused-ring (bicyclic) bond motifs is 2. The molecule has 1 saturated heterocycles. The lowest BCUT2D eigenvalue weighted by atomic mass is 9.93. The first-order chi connectivity index (χ1) is 16.4. The van der Waals surface area contributed by atoms with Gasteiger partial charge in [-0.05, 0) is 37.3 Å². The molecule has 10 heteroatoms. The molecule has 1 aliphatic heterocycles. The zero-order valence-corrected chi connectivity index (χ0v) is 18.4. The summed E-state index contributed by atoms with van der Waals surface area (Å²) in [6.45, 7) is 2.07. The van der Waals surface area contributed by atoms with Crippen LogP contribution in [0.2, 0.25) is 0 Å². The molecule has 176 valence electrons. The molecule has 1 amide bonds. The van der Waals surface area contributed by atoms with Crippen molar-refractivity contribution in [2.24, 2.45) is 5.92 Å². The molecule has 3 heterocycles. The molecule has 0 radical (unpaired) electrons. The first kappa shape index (κ1) is 22.2. The van der Waals surface area contributed by atoms with Crippen molar-refractivity contribution in [2.75, 3.05) is 5.32 Å². The number of nitrogens with one attached hydrogen (secondary N) is 1. The van der Waals surface area contributed by atoms with Crippen LogP contribution >= 0.6 is 0 Å². The van der Waals surface area contributed by atoms with Gasteiger partial charge in [-0.1, -0.05) is 25.1 Å². The van der Waals surface area contributed by atoms with Crippen molar-refractivity contribution >= 4 is 11.7 Å². The fourth-order valence-corrected chi connectivity index (χ4v) is 5.32. The lowest BCUT2D eigenvalue weighted by Crippen LogP contribution is -2.52. The number of carbonyl (C=O) groups excluding carboxylic acids is 1. The average Bonchev–Trinajstić information content (AvgIpc) is 3.42. The molecule has 1 aromatic carbocycles. The van der Waals surface area contributed by atoms with E-state index >= 15 is 0 Å². The predicted molar refractivity (Wildman–Crippen MR) is 119 cm³/mol. The highest BCUT2D eigenvalue weighted by molar-refractivity contribution is 6.00. The fourth-order valence-electron chi connectivity index (χ4n) is 5.32. The third kappa shape index (κ3) is 3.97. The molecule has 0 spiro atoms. The van der Waals surface area contributed by atoms with Crippen molar-refractivity contribution in [1.29, 1.82) is 0 Å². The number of benzene rings is 1. The van der Waals surface area contributed by atoms with E-state index in [0.29, 0.717) is 22.9 Å². The Morgan fingerprint density at radius 1 is 1.06 bits per heavy atom. The molecule has 1 saturated carbocycles. The van der Waals surface area contributed by atoms with E-state index in [1.807, 2.05) is 23.1 Å². The maximum atomic E-state index is 13.8. The van der Waals surface area contributed by atoms with Crippen LogP contribution < -0.4 is 5.32 Å². The van der Waals surface area contributed by atoms with E-state index in [9.17, 15) is 18.0 Å². The summed E-state index contributed by atoms with van der Waals surface area (Å²) < 4.78 is 38.4. The van der Waals surface area contributed by atoms with Crippen molar-refractivity contribution < 1.29 is 18.0 Å². The smallest absolute Gasteiger partial charge is 0.364 e. The Balaban J connectivity index is 1.41. The van der Waals surface area contributed by atoms with Gasteiger partial charge in [-0.2, -0.15) is 13.2 Å². The number of carbonyl (C=O) groups is 1. The molecular weight excluding hydrogens is 445 g/mol. The van der Waals surface area contributed by atoms with Gasteiger partial charge in [0.25, 0.3) is 5.91 Å². The summed E-state index contributed by atoms with van der Waals surface area (Å²) in [6.07, 6.45) is 3.04. The number of amides is 1. The van der Waals surface area contributed by atoms with Gasteiger partial charge < -0.3 is 10.2 Å². The normalized spacial score (nSPS) is 23.8. The molecule has 34 heavy (non-hydrogen) atoms. The zero-order chi connectivity index (χ0) is 23.9. The first-order valence-corrected chi connectivity index (χ1v) is 11.2. The number of alkyl halides is 3. The molecule has 0 unspecified atom stereocenters. The van der Waals surface area contributed by atoms with E-state index in [1.54, 1.807) is 24.5 Å². The van der Waals surface area contributed by atoms with E-state index in [1.165, 1.54) is 0 Å². The number of piperidine rings is 1. The van der Waals surface area contributed by atoms with Crippen LogP contribution in [0, 0.1) is 5.92 Å². The Morgan fingerprint density at radius 2 is 1.82 bits per heavy atom. The minimum atomic E-state index is -4.54. The minimum absolute atomic E-state index is 0.0904. The molecule has 4 atom stereocenters. The monoisotopic (exact) mass is 468 g/mol.